The number of hydrogen-bond donors (Lipinski definition) is 2. The molecule has 1 aromatic carbocycles. The number of rotatable bonds is 7. The van der Waals surface area contributed by atoms with E-state index in [-0.39, 0.29) is 12.6 Å². The first-order valence-electron chi connectivity index (χ1n) is 7.84. The number of amides is 2. The summed E-state index contributed by atoms with van der Waals surface area (Å²) < 4.78 is 16.4. The maximum atomic E-state index is 12.5. The molecule has 0 saturated heterocycles. The molecule has 1 atom stereocenters. The lowest BCUT2D eigenvalue weighted by atomic mass is 9.95. The number of esters is 1. The Morgan fingerprint density at radius 2 is 2.08 bits per heavy atom. The molecular weight excluding hydrogens is 392 g/mol. The topological polar surface area (TPSA) is 85.9 Å². The van der Waals surface area contributed by atoms with E-state index >= 15 is 0 Å². The molecule has 1 aromatic rings. The second kappa shape index (κ2) is 8.87. The van der Waals surface area contributed by atoms with Crippen LogP contribution in [0.15, 0.2) is 33.9 Å². The summed E-state index contributed by atoms with van der Waals surface area (Å²) in [6.07, 6.45) is 0. The van der Waals surface area contributed by atoms with Crippen molar-refractivity contribution in [2.45, 2.75) is 19.9 Å². The van der Waals surface area contributed by atoms with Crippen LogP contribution in [0.25, 0.3) is 0 Å². The van der Waals surface area contributed by atoms with Crippen LogP contribution in [0, 0.1) is 0 Å². The lowest BCUT2D eigenvalue weighted by molar-refractivity contribution is -0.141. The Labute approximate surface area is 154 Å². The van der Waals surface area contributed by atoms with Crippen LogP contribution in [0.1, 0.15) is 25.5 Å². The zero-order chi connectivity index (χ0) is 18.4. The highest BCUT2D eigenvalue weighted by Crippen LogP contribution is 2.33. The van der Waals surface area contributed by atoms with Crippen molar-refractivity contribution in [3.8, 4) is 5.75 Å². The molecule has 0 aromatic heterocycles. The zero-order valence-electron chi connectivity index (χ0n) is 14.3. The number of allylic oxidation sites excluding steroid dienone is 1. The van der Waals surface area contributed by atoms with Crippen molar-refractivity contribution < 1.29 is 23.8 Å². The monoisotopic (exact) mass is 412 g/mol. The second-order valence-corrected chi connectivity index (χ2v) is 6.15. The molecule has 0 radical (unpaired) electrons. The van der Waals surface area contributed by atoms with Crippen LogP contribution >= 0.6 is 15.9 Å². The van der Waals surface area contributed by atoms with E-state index in [4.69, 9.17) is 14.2 Å². The zero-order valence-corrected chi connectivity index (χ0v) is 15.9. The van der Waals surface area contributed by atoms with E-state index in [0.29, 0.717) is 30.2 Å². The van der Waals surface area contributed by atoms with Crippen LogP contribution in [0.3, 0.4) is 0 Å². The third-order valence-corrected chi connectivity index (χ3v) is 4.28. The number of methoxy groups -OCH3 is 1. The third-order valence-electron chi connectivity index (χ3n) is 3.66. The normalized spacial score (nSPS) is 17.0. The van der Waals surface area contributed by atoms with Crippen molar-refractivity contribution in [2.24, 2.45) is 0 Å². The van der Waals surface area contributed by atoms with Gasteiger partial charge < -0.3 is 24.8 Å². The predicted octanol–water partition coefficient (Wildman–Crippen LogP) is 2.67. The number of benzene rings is 1. The van der Waals surface area contributed by atoms with E-state index in [9.17, 15) is 9.59 Å². The van der Waals surface area contributed by atoms with E-state index in [1.807, 2.05) is 6.92 Å². The summed E-state index contributed by atoms with van der Waals surface area (Å²) in [5.41, 5.74) is 1.55. The Morgan fingerprint density at radius 1 is 1.32 bits per heavy atom. The molecule has 7 nitrogen and oxygen atoms in total. The fourth-order valence-electron chi connectivity index (χ4n) is 2.49. The Kier molecular flexibility index (Phi) is 6.83. The van der Waals surface area contributed by atoms with E-state index in [1.165, 1.54) is 0 Å². The smallest absolute Gasteiger partial charge is 0.338 e. The lowest BCUT2D eigenvalue weighted by Gasteiger charge is -2.28. The van der Waals surface area contributed by atoms with Crippen molar-refractivity contribution in [1.82, 2.24) is 10.6 Å². The van der Waals surface area contributed by atoms with E-state index in [1.54, 1.807) is 32.2 Å². The van der Waals surface area contributed by atoms with Gasteiger partial charge in [0.15, 0.2) is 0 Å². The average molecular weight is 413 g/mol. The predicted molar refractivity (Wildman–Crippen MR) is 95.3 cm³/mol. The van der Waals surface area contributed by atoms with Crippen LogP contribution in [-0.4, -0.2) is 38.9 Å². The molecule has 0 aliphatic carbocycles. The molecule has 2 N–H and O–H groups in total. The van der Waals surface area contributed by atoms with Gasteiger partial charge in [-0.2, -0.15) is 0 Å². The van der Waals surface area contributed by atoms with Crippen LogP contribution < -0.4 is 15.4 Å². The van der Waals surface area contributed by atoms with Crippen LogP contribution in [-0.2, 0) is 14.3 Å². The molecule has 0 spiro atoms. The Hall–Kier alpha value is -2.06. The van der Waals surface area contributed by atoms with Crippen LogP contribution in [0.2, 0.25) is 0 Å². The van der Waals surface area contributed by atoms with Crippen molar-refractivity contribution in [2.75, 3.05) is 26.9 Å². The molecule has 0 saturated carbocycles. The van der Waals surface area contributed by atoms with E-state index in [2.05, 4.69) is 26.6 Å². The fraction of sp³-hybridized carbons (Fsp3) is 0.412. The Bertz CT molecular complexity index is 690. The number of urea groups is 1. The van der Waals surface area contributed by atoms with E-state index < -0.39 is 12.0 Å². The molecule has 25 heavy (non-hydrogen) atoms. The largest absolute Gasteiger partial charge is 0.496 e. The van der Waals surface area contributed by atoms with E-state index in [0.717, 1.165) is 10.0 Å². The summed E-state index contributed by atoms with van der Waals surface area (Å²) in [6, 6.07) is 4.37. The Balaban J connectivity index is 2.27. The highest BCUT2D eigenvalue weighted by atomic mass is 79.9. The van der Waals surface area contributed by atoms with Gasteiger partial charge in [0.2, 0.25) is 0 Å². The molecule has 2 amide bonds. The van der Waals surface area contributed by atoms with Crippen LogP contribution in [0.5, 0.6) is 5.75 Å². The summed E-state index contributed by atoms with van der Waals surface area (Å²) in [5.74, 6) is 0.159. The first-order chi connectivity index (χ1) is 12.0. The molecule has 1 aliphatic rings. The summed E-state index contributed by atoms with van der Waals surface area (Å²) in [6.45, 7) is 4.57. The minimum Gasteiger partial charge on any atom is -0.496 e. The summed E-state index contributed by atoms with van der Waals surface area (Å²) in [5, 5.41) is 5.37. The van der Waals surface area contributed by atoms with Crippen molar-refractivity contribution in [1.29, 1.82) is 0 Å². The SMILES string of the molecule is CCOCCOC(=O)C1=C(C)NC(=O)N[C@@H]1c1ccc(OC)c(Br)c1. The van der Waals surface area contributed by atoms with Gasteiger partial charge in [0, 0.05) is 12.3 Å². The molecule has 1 heterocycles. The number of hydrogen-bond acceptors (Lipinski definition) is 5. The molecule has 136 valence electrons. The van der Waals surface area contributed by atoms with Crippen molar-refractivity contribution >= 4 is 27.9 Å². The van der Waals surface area contributed by atoms with Crippen molar-refractivity contribution in [3.63, 3.8) is 0 Å². The lowest BCUT2D eigenvalue weighted by Crippen LogP contribution is -2.45. The summed E-state index contributed by atoms with van der Waals surface area (Å²) in [7, 11) is 1.57. The molecule has 1 aliphatic heterocycles. The number of ether oxygens (including phenoxy) is 3. The van der Waals surface area contributed by atoms with Gasteiger partial charge in [0.25, 0.3) is 0 Å². The van der Waals surface area contributed by atoms with Gasteiger partial charge in [-0.15, -0.1) is 0 Å². The Morgan fingerprint density at radius 3 is 2.72 bits per heavy atom. The van der Waals surface area contributed by atoms with Crippen molar-refractivity contribution in [3.05, 3.63) is 39.5 Å². The molecule has 0 fully saturated rings. The second-order valence-electron chi connectivity index (χ2n) is 5.30. The van der Waals surface area contributed by atoms with Gasteiger partial charge in [-0.05, 0) is 47.5 Å². The van der Waals surface area contributed by atoms with Gasteiger partial charge in [0.1, 0.15) is 12.4 Å². The number of nitrogens with one attached hydrogen (secondary N) is 2. The highest BCUT2D eigenvalue weighted by molar-refractivity contribution is 9.10. The first kappa shape index (κ1) is 19.3. The maximum absolute atomic E-state index is 12.5. The highest BCUT2D eigenvalue weighted by Gasteiger charge is 2.32. The van der Waals surface area contributed by atoms with Gasteiger partial charge in [-0.25, -0.2) is 9.59 Å². The number of halogens is 1. The minimum atomic E-state index is -0.615. The minimum absolute atomic E-state index is 0.149. The van der Waals surface area contributed by atoms with Crippen LogP contribution in [0.4, 0.5) is 4.79 Å². The molecule has 2 rings (SSSR count). The number of carbonyl (C=O) groups is 2. The molecule has 0 bridgehead atoms. The van der Waals surface area contributed by atoms with Gasteiger partial charge in [-0.3, -0.25) is 0 Å². The van der Waals surface area contributed by atoms with Gasteiger partial charge in [-0.1, -0.05) is 6.07 Å². The standard InChI is InChI=1S/C17H21BrN2O5/c1-4-24-7-8-25-16(21)14-10(2)19-17(22)20-15(14)11-5-6-13(23-3)12(18)9-11/h5-6,9,15H,4,7-8H2,1-3H3,(H2,19,20,22)/t15-/m1/s1. The maximum Gasteiger partial charge on any atom is 0.338 e. The van der Waals surface area contributed by atoms with Gasteiger partial charge >= 0.3 is 12.0 Å². The number of carbonyl (C=O) groups excluding carboxylic acids is 2. The molecule has 0 unspecified atom stereocenters. The average Bonchev–Trinajstić information content (AvgIpc) is 2.57. The molecule has 8 heteroatoms. The quantitative estimate of drug-likeness (QED) is 0.530. The fourth-order valence-corrected chi connectivity index (χ4v) is 3.05. The summed E-state index contributed by atoms with van der Waals surface area (Å²) in [4.78, 5) is 24.4. The third kappa shape index (κ3) is 4.73. The molecular formula is C17H21BrN2O5. The first-order valence-corrected chi connectivity index (χ1v) is 8.63. The summed E-state index contributed by atoms with van der Waals surface area (Å²) >= 11 is 3.42. The van der Waals surface area contributed by atoms with Gasteiger partial charge in [0.05, 0.1) is 29.8 Å².